The standard InChI is InChI=1S/C28H37F3N2O4S2/c1-4-39(36,37)22-11-7-19(8-12-22)23(16-34)32-27(35)24-13-20-15-33(25(17(2)3)26(20)38-24)14-18-5-9-21(10-6-18)28(29,30)31/h7-8,11-13,17-18,21,23,25,34H,4-6,9-10,14-16H2,1-3H3,(H,32,35)/t18-,21-,23-,25?/m0/s1. The van der Waals surface area contributed by atoms with Gasteiger partial charge in [0.05, 0.1) is 34.1 Å². The van der Waals surface area contributed by atoms with Crippen molar-refractivity contribution in [2.24, 2.45) is 17.8 Å². The third kappa shape index (κ3) is 6.69. The Balaban J connectivity index is 1.41. The predicted molar refractivity (Wildman–Crippen MR) is 145 cm³/mol. The number of rotatable bonds is 9. The topological polar surface area (TPSA) is 86.7 Å². The van der Waals surface area contributed by atoms with Crippen molar-refractivity contribution in [1.82, 2.24) is 10.2 Å². The molecule has 0 radical (unpaired) electrons. The summed E-state index contributed by atoms with van der Waals surface area (Å²) in [5.74, 6) is -0.982. The SMILES string of the molecule is CCS(=O)(=O)c1ccc([C@H](CO)NC(=O)c2cc3c(s2)C(C(C)C)N(C[C@H]2CC[C@H](C(F)(F)F)CC2)C3)cc1. The van der Waals surface area contributed by atoms with Crippen molar-refractivity contribution in [3.05, 3.63) is 51.2 Å². The molecular formula is C28H37F3N2O4S2. The van der Waals surface area contributed by atoms with E-state index in [9.17, 15) is 31.5 Å². The normalized spacial score (nSPS) is 23.1. The Hall–Kier alpha value is -1.95. The molecule has 1 saturated carbocycles. The number of amides is 1. The van der Waals surface area contributed by atoms with Crippen LogP contribution in [0.3, 0.4) is 0 Å². The maximum atomic E-state index is 13.1. The second kappa shape index (κ2) is 11.9. The summed E-state index contributed by atoms with van der Waals surface area (Å²) < 4.78 is 63.4. The summed E-state index contributed by atoms with van der Waals surface area (Å²) in [5, 5.41) is 12.8. The molecule has 2 atom stereocenters. The summed E-state index contributed by atoms with van der Waals surface area (Å²) >= 11 is 1.43. The minimum Gasteiger partial charge on any atom is -0.394 e. The molecular weight excluding hydrogens is 549 g/mol. The molecule has 1 aliphatic carbocycles. The molecule has 2 N–H and O–H groups in total. The third-order valence-corrected chi connectivity index (χ3v) is 11.0. The lowest BCUT2D eigenvalue weighted by atomic mass is 9.81. The lowest BCUT2D eigenvalue weighted by molar-refractivity contribution is -0.184. The number of aliphatic hydroxyl groups is 1. The first-order valence-electron chi connectivity index (χ1n) is 13.5. The van der Waals surface area contributed by atoms with Crippen molar-refractivity contribution in [2.45, 2.75) is 76.2 Å². The smallest absolute Gasteiger partial charge is 0.391 e. The number of hydrogen-bond acceptors (Lipinski definition) is 6. The van der Waals surface area contributed by atoms with Crippen LogP contribution >= 0.6 is 11.3 Å². The lowest BCUT2D eigenvalue weighted by Crippen LogP contribution is -2.35. The number of benzene rings is 1. The van der Waals surface area contributed by atoms with E-state index in [1.165, 1.54) is 23.5 Å². The lowest BCUT2D eigenvalue weighted by Gasteiger charge is -2.35. The van der Waals surface area contributed by atoms with Gasteiger partial charge in [-0.1, -0.05) is 32.9 Å². The number of thiophene rings is 1. The van der Waals surface area contributed by atoms with Gasteiger partial charge in [0.15, 0.2) is 9.84 Å². The summed E-state index contributed by atoms with van der Waals surface area (Å²) in [6.07, 6.45) is -2.54. The number of nitrogens with zero attached hydrogens (tertiary/aromatic N) is 1. The second-order valence-corrected chi connectivity index (χ2v) is 14.4. The molecule has 216 valence electrons. The quantitative estimate of drug-likeness (QED) is 0.383. The van der Waals surface area contributed by atoms with Gasteiger partial charge in [0, 0.05) is 24.0 Å². The van der Waals surface area contributed by atoms with E-state index >= 15 is 0 Å². The third-order valence-electron chi connectivity index (χ3n) is 8.04. The fourth-order valence-electron chi connectivity index (χ4n) is 5.86. The van der Waals surface area contributed by atoms with E-state index in [1.54, 1.807) is 19.1 Å². The van der Waals surface area contributed by atoms with E-state index in [4.69, 9.17) is 0 Å². The Morgan fingerprint density at radius 2 is 1.79 bits per heavy atom. The Labute approximate surface area is 232 Å². The zero-order valence-electron chi connectivity index (χ0n) is 22.5. The highest BCUT2D eigenvalue weighted by Crippen LogP contribution is 2.46. The van der Waals surface area contributed by atoms with Crippen molar-refractivity contribution in [1.29, 1.82) is 0 Å². The van der Waals surface area contributed by atoms with Crippen molar-refractivity contribution < 1.29 is 31.5 Å². The summed E-state index contributed by atoms with van der Waals surface area (Å²) in [6, 6.07) is 7.49. The highest BCUT2D eigenvalue weighted by molar-refractivity contribution is 7.91. The number of carbonyl (C=O) groups is 1. The molecule has 11 heteroatoms. The fraction of sp³-hybridized carbons (Fsp3) is 0.607. The highest BCUT2D eigenvalue weighted by atomic mass is 32.2. The molecule has 1 aromatic heterocycles. The molecule has 1 aromatic carbocycles. The minimum absolute atomic E-state index is 0.0104. The molecule has 0 spiro atoms. The fourth-order valence-corrected chi connectivity index (χ4v) is 8.13. The van der Waals surface area contributed by atoms with Gasteiger partial charge in [-0.15, -0.1) is 11.3 Å². The van der Waals surface area contributed by atoms with Crippen LogP contribution in [0.5, 0.6) is 0 Å². The van der Waals surface area contributed by atoms with Crippen LogP contribution < -0.4 is 5.32 Å². The van der Waals surface area contributed by atoms with Crippen LogP contribution in [-0.4, -0.2) is 49.4 Å². The summed E-state index contributed by atoms with van der Waals surface area (Å²) in [5.41, 5.74) is 1.68. The van der Waals surface area contributed by atoms with Gasteiger partial charge in [0.25, 0.3) is 5.91 Å². The van der Waals surface area contributed by atoms with Crippen molar-refractivity contribution in [3.8, 4) is 0 Å². The molecule has 0 saturated heterocycles. The Kier molecular flexibility index (Phi) is 9.15. The first kappa shape index (κ1) is 30.0. The summed E-state index contributed by atoms with van der Waals surface area (Å²) in [7, 11) is -3.34. The number of sulfone groups is 1. The van der Waals surface area contributed by atoms with E-state index in [0.29, 0.717) is 29.8 Å². The van der Waals surface area contributed by atoms with Gasteiger partial charge in [0.1, 0.15) is 0 Å². The Bertz CT molecular complexity index is 1250. The molecule has 2 aromatic rings. The van der Waals surface area contributed by atoms with Gasteiger partial charge in [-0.3, -0.25) is 9.69 Å². The first-order chi connectivity index (χ1) is 18.3. The molecule has 0 bridgehead atoms. The van der Waals surface area contributed by atoms with Gasteiger partial charge in [-0.25, -0.2) is 8.42 Å². The number of hydrogen-bond donors (Lipinski definition) is 2. The van der Waals surface area contributed by atoms with E-state index in [2.05, 4.69) is 24.1 Å². The van der Waals surface area contributed by atoms with E-state index < -0.39 is 28.0 Å². The maximum Gasteiger partial charge on any atom is 0.391 e. The largest absolute Gasteiger partial charge is 0.394 e. The molecule has 1 fully saturated rings. The highest BCUT2D eigenvalue weighted by Gasteiger charge is 2.43. The minimum atomic E-state index is -4.10. The van der Waals surface area contributed by atoms with Crippen molar-refractivity contribution in [2.75, 3.05) is 18.9 Å². The molecule has 1 unspecified atom stereocenters. The van der Waals surface area contributed by atoms with Crippen LogP contribution in [0.2, 0.25) is 0 Å². The van der Waals surface area contributed by atoms with Crippen LogP contribution in [0.1, 0.15) is 84.2 Å². The zero-order valence-corrected chi connectivity index (χ0v) is 24.1. The van der Waals surface area contributed by atoms with Gasteiger partial charge >= 0.3 is 6.18 Å². The molecule has 1 aliphatic heterocycles. The Morgan fingerprint density at radius 3 is 2.33 bits per heavy atom. The van der Waals surface area contributed by atoms with Crippen molar-refractivity contribution in [3.63, 3.8) is 0 Å². The van der Waals surface area contributed by atoms with Crippen LogP contribution in [-0.2, 0) is 16.4 Å². The predicted octanol–water partition coefficient (Wildman–Crippen LogP) is 5.89. The average Bonchev–Trinajstić information content (AvgIpc) is 3.44. The number of alkyl halides is 3. The molecule has 6 nitrogen and oxygen atoms in total. The number of nitrogens with one attached hydrogen (secondary N) is 1. The molecule has 4 rings (SSSR count). The zero-order chi connectivity index (χ0) is 28.5. The molecule has 1 amide bonds. The van der Waals surface area contributed by atoms with E-state index in [1.807, 2.05) is 6.07 Å². The van der Waals surface area contributed by atoms with E-state index in [0.717, 1.165) is 17.0 Å². The number of carbonyl (C=O) groups excluding carboxylic acids is 1. The average molecular weight is 587 g/mol. The van der Waals surface area contributed by atoms with Gasteiger partial charge in [0.2, 0.25) is 0 Å². The van der Waals surface area contributed by atoms with Gasteiger partial charge in [-0.05, 0) is 66.8 Å². The molecule has 2 heterocycles. The number of halogens is 3. The van der Waals surface area contributed by atoms with Crippen LogP contribution in [0.25, 0.3) is 0 Å². The second-order valence-electron chi connectivity index (χ2n) is 11.1. The Morgan fingerprint density at radius 1 is 1.15 bits per heavy atom. The van der Waals surface area contributed by atoms with Gasteiger partial charge < -0.3 is 10.4 Å². The molecule has 2 aliphatic rings. The van der Waals surface area contributed by atoms with E-state index in [-0.39, 0.29) is 53.9 Å². The van der Waals surface area contributed by atoms with Crippen LogP contribution in [0, 0.1) is 17.8 Å². The summed E-state index contributed by atoms with van der Waals surface area (Å²) in [6.45, 7) is 6.90. The number of fused-ring (bicyclic) bond motifs is 1. The maximum absolute atomic E-state index is 13.1. The first-order valence-corrected chi connectivity index (χ1v) is 16.0. The van der Waals surface area contributed by atoms with Crippen LogP contribution in [0.15, 0.2) is 35.2 Å². The van der Waals surface area contributed by atoms with Crippen LogP contribution in [0.4, 0.5) is 13.2 Å². The summed E-state index contributed by atoms with van der Waals surface area (Å²) in [4.78, 5) is 17.4. The van der Waals surface area contributed by atoms with Gasteiger partial charge in [-0.2, -0.15) is 13.2 Å². The monoisotopic (exact) mass is 586 g/mol. The molecule has 39 heavy (non-hydrogen) atoms. The van der Waals surface area contributed by atoms with Crippen molar-refractivity contribution >= 4 is 27.1 Å². The number of aliphatic hydroxyl groups excluding tert-OH is 1.